The predicted molar refractivity (Wildman–Crippen MR) is 89.1 cm³/mol. The van der Waals surface area contributed by atoms with Crippen LogP contribution < -0.4 is 4.31 Å². The van der Waals surface area contributed by atoms with E-state index >= 15 is 0 Å². The van der Waals surface area contributed by atoms with Gasteiger partial charge in [-0.3, -0.25) is 8.99 Å². The molecule has 0 saturated carbocycles. The average molecular weight is 343 g/mol. The van der Waals surface area contributed by atoms with Gasteiger partial charge >= 0.3 is 0 Å². The largest absolute Gasteiger partial charge is 0.332 e. The van der Waals surface area contributed by atoms with E-state index in [4.69, 9.17) is 0 Å². The molecule has 124 valence electrons. The minimum atomic E-state index is -3.66. The quantitative estimate of drug-likeness (QED) is 0.724. The first kappa shape index (κ1) is 14.9. The molecule has 0 unspecified atom stereocenters. The first-order chi connectivity index (χ1) is 11.6. The average Bonchev–Trinajstić information content (AvgIpc) is 3.25. The number of hydrogen-bond acceptors (Lipinski definition) is 4. The van der Waals surface area contributed by atoms with E-state index in [0.717, 1.165) is 17.7 Å². The number of sulfonamides is 1. The molecule has 0 amide bonds. The Hall–Kier alpha value is -2.61. The van der Waals surface area contributed by atoms with Crippen molar-refractivity contribution in [3.05, 3.63) is 60.9 Å². The number of nitrogens with zero attached hydrogens (tertiary/aromatic N) is 5. The lowest BCUT2D eigenvalue weighted by molar-refractivity contribution is 0.487. The van der Waals surface area contributed by atoms with Crippen LogP contribution in [0.2, 0.25) is 0 Å². The molecule has 24 heavy (non-hydrogen) atoms. The summed E-state index contributed by atoms with van der Waals surface area (Å²) in [5.41, 5.74) is 1.74. The van der Waals surface area contributed by atoms with Crippen molar-refractivity contribution >= 4 is 15.7 Å². The minimum absolute atomic E-state index is 0.00819. The fraction of sp³-hybridized carbons (Fsp3) is 0.250. The van der Waals surface area contributed by atoms with Crippen LogP contribution >= 0.6 is 0 Å². The molecule has 0 fully saturated rings. The van der Waals surface area contributed by atoms with Crippen molar-refractivity contribution in [2.45, 2.75) is 17.4 Å². The Kier molecular flexibility index (Phi) is 3.42. The highest BCUT2D eigenvalue weighted by Gasteiger charge is 2.34. The van der Waals surface area contributed by atoms with Crippen LogP contribution in [0.25, 0.3) is 0 Å². The molecule has 0 aliphatic carbocycles. The molecule has 0 radical (unpaired) electrons. The zero-order chi connectivity index (χ0) is 16.7. The first-order valence-electron chi connectivity index (χ1n) is 7.62. The summed E-state index contributed by atoms with van der Waals surface area (Å²) in [5, 5.41) is 4.00. The van der Waals surface area contributed by atoms with Gasteiger partial charge in [-0.25, -0.2) is 13.4 Å². The van der Waals surface area contributed by atoms with Crippen molar-refractivity contribution in [3.8, 4) is 0 Å². The van der Waals surface area contributed by atoms with Gasteiger partial charge in [0.2, 0.25) is 0 Å². The van der Waals surface area contributed by atoms with Crippen molar-refractivity contribution in [3.63, 3.8) is 0 Å². The number of para-hydroxylation sites is 1. The fourth-order valence-electron chi connectivity index (χ4n) is 3.11. The standard InChI is InChI=1S/C16H17N5O2S/c1-19-11-15(9-18-19)24(22,23)21-10-14(20-7-6-17-12-20)8-13-4-2-3-5-16(13)21/h2-7,9,11-12,14H,8,10H2,1H3/t14-/m1/s1. The zero-order valence-corrected chi connectivity index (χ0v) is 14.0. The number of rotatable bonds is 3. The van der Waals surface area contributed by atoms with E-state index in [9.17, 15) is 8.42 Å². The topological polar surface area (TPSA) is 73.0 Å². The van der Waals surface area contributed by atoms with E-state index < -0.39 is 10.0 Å². The molecule has 2 aromatic heterocycles. The minimum Gasteiger partial charge on any atom is -0.332 e. The van der Waals surface area contributed by atoms with Gasteiger partial charge in [-0.1, -0.05) is 18.2 Å². The molecule has 0 saturated heterocycles. The lowest BCUT2D eigenvalue weighted by atomic mass is 10.00. The number of imidazole rings is 1. The monoisotopic (exact) mass is 343 g/mol. The van der Waals surface area contributed by atoms with E-state index in [0.29, 0.717) is 6.54 Å². The number of aromatic nitrogens is 4. The molecule has 0 spiro atoms. The molecule has 8 heteroatoms. The van der Waals surface area contributed by atoms with Gasteiger partial charge in [-0.2, -0.15) is 5.10 Å². The van der Waals surface area contributed by atoms with Gasteiger partial charge in [0.05, 0.1) is 30.8 Å². The zero-order valence-electron chi connectivity index (χ0n) is 13.1. The second kappa shape index (κ2) is 5.48. The predicted octanol–water partition coefficient (Wildman–Crippen LogP) is 1.61. The maximum Gasteiger partial charge on any atom is 0.267 e. The third-order valence-electron chi connectivity index (χ3n) is 4.31. The van der Waals surface area contributed by atoms with E-state index in [1.807, 2.05) is 35.0 Å². The van der Waals surface area contributed by atoms with Crippen molar-refractivity contribution in [1.29, 1.82) is 0 Å². The maximum atomic E-state index is 13.1. The van der Waals surface area contributed by atoms with E-state index in [-0.39, 0.29) is 10.9 Å². The van der Waals surface area contributed by atoms with Gasteiger partial charge in [0.25, 0.3) is 10.0 Å². The molecule has 4 rings (SSSR count). The van der Waals surface area contributed by atoms with Crippen LogP contribution in [-0.4, -0.2) is 34.3 Å². The molecule has 0 N–H and O–H groups in total. The van der Waals surface area contributed by atoms with Crippen molar-refractivity contribution in [2.75, 3.05) is 10.8 Å². The number of benzene rings is 1. The molecule has 0 bridgehead atoms. The summed E-state index contributed by atoms with van der Waals surface area (Å²) in [6.07, 6.45) is 8.99. The van der Waals surface area contributed by atoms with Crippen molar-refractivity contribution in [1.82, 2.24) is 19.3 Å². The van der Waals surface area contributed by atoms with Gasteiger partial charge in [-0.05, 0) is 18.1 Å². The Morgan fingerprint density at radius 3 is 2.79 bits per heavy atom. The highest BCUT2D eigenvalue weighted by atomic mass is 32.2. The molecule has 1 atom stereocenters. The summed E-state index contributed by atoms with van der Waals surface area (Å²) < 4.78 is 31.2. The van der Waals surface area contributed by atoms with E-state index in [1.165, 1.54) is 21.4 Å². The lowest BCUT2D eigenvalue weighted by Crippen LogP contribution is -2.40. The van der Waals surface area contributed by atoms with Crippen LogP contribution in [-0.2, 0) is 23.5 Å². The number of aryl methyl sites for hydroxylation is 1. The summed E-state index contributed by atoms with van der Waals surface area (Å²) in [4.78, 5) is 4.28. The van der Waals surface area contributed by atoms with Gasteiger partial charge in [0.1, 0.15) is 4.90 Å². The van der Waals surface area contributed by atoms with Crippen LogP contribution in [0.5, 0.6) is 0 Å². The Bertz CT molecular complexity index is 962. The summed E-state index contributed by atoms with van der Waals surface area (Å²) in [7, 11) is -1.96. The van der Waals surface area contributed by atoms with E-state index in [2.05, 4.69) is 10.1 Å². The van der Waals surface area contributed by atoms with Crippen LogP contribution in [0.3, 0.4) is 0 Å². The van der Waals surface area contributed by atoms with Gasteiger partial charge in [0, 0.05) is 25.6 Å². The third-order valence-corrected chi connectivity index (χ3v) is 6.04. The molecule has 1 aromatic carbocycles. The van der Waals surface area contributed by atoms with Crippen LogP contribution in [0.1, 0.15) is 11.6 Å². The summed E-state index contributed by atoms with van der Waals surface area (Å²) in [5.74, 6) is 0. The second-order valence-corrected chi connectivity index (χ2v) is 7.74. The van der Waals surface area contributed by atoms with Crippen LogP contribution in [0.4, 0.5) is 5.69 Å². The Balaban J connectivity index is 1.81. The summed E-state index contributed by atoms with van der Waals surface area (Å²) >= 11 is 0. The Morgan fingerprint density at radius 2 is 2.08 bits per heavy atom. The normalized spacial score (nSPS) is 17.7. The van der Waals surface area contributed by atoms with Gasteiger partial charge < -0.3 is 4.57 Å². The van der Waals surface area contributed by atoms with Gasteiger partial charge in [-0.15, -0.1) is 0 Å². The second-order valence-electron chi connectivity index (χ2n) is 5.88. The molecule has 1 aliphatic heterocycles. The number of hydrogen-bond donors (Lipinski definition) is 0. The highest BCUT2D eigenvalue weighted by molar-refractivity contribution is 7.92. The summed E-state index contributed by atoms with van der Waals surface area (Å²) in [6, 6.07) is 7.64. The van der Waals surface area contributed by atoms with Crippen LogP contribution in [0, 0.1) is 0 Å². The fourth-order valence-corrected chi connectivity index (χ4v) is 4.63. The SMILES string of the molecule is Cn1cc(S(=O)(=O)N2C[C@H](n3ccnc3)Cc3ccccc32)cn1. The van der Waals surface area contributed by atoms with Crippen molar-refractivity contribution < 1.29 is 8.42 Å². The highest BCUT2D eigenvalue weighted by Crippen LogP contribution is 2.35. The van der Waals surface area contributed by atoms with Crippen LogP contribution in [0.15, 0.2) is 60.3 Å². The third kappa shape index (κ3) is 2.39. The molecular weight excluding hydrogens is 326 g/mol. The molecular formula is C16H17N5O2S. The first-order valence-corrected chi connectivity index (χ1v) is 9.06. The van der Waals surface area contributed by atoms with Crippen molar-refractivity contribution in [2.24, 2.45) is 7.05 Å². The number of anilines is 1. The lowest BCUT2D eigenvalue weighted by Gasteiger charge is -2.35. The number of fused-ring (bicyclic) bond motifs is 1. The van der Waals surface area contributed by atoms with Gasteiger partial charge in [0.15, 0.2) is 0 Å². The Morgan fingerprint density at radius 1 is 1.25 bits per heavy atom. The smallest absolute Gasteiger partial charge is 0.267 e. The summed E-state index contributed by atoms with van der Waals surface area (Å²) in [6.45, 7) is 0.366. The molecule has 7 nitrogen and oxygen atoms in total. The molecule has 3 heterocycles. The molecule has 1 aliphatic rings. The maximum absolute atomic E-state index is 13.1. The van der Waals surface area contributed by atoms with E-state index in [1.54, 1.807) is 19.6 Å². The molecule has 3 aromatic rings. The Labute approximate surface area is 140 Å².